The van der Waals surface area contributed by atoms with E-state index in [2.05, 4.69) is 43.6 Å². The molecule has 3 N–H and O–H groups in total. The SMILES string of the molecule is CCCCCCCCCCCCSCCCNCCCCCCCOOOOP(=O)(O)O. The van der Waals surface area contributed by atoms with Crippen LogP contribution >= 0.6 is 19.6 Å². The van der Waals surface area contributed by atoms with Crippen LogP contribution in [-0.4, -0.2) is 41.0 Å². The van der Waals surface area contributed by atoms with Crippen LogP contribution in [0.25, 0.3) is 0 Å². The minimum absolute atomic E-state index is 0.277. The van der Waals surface area contributed by atoms with Crippen molar-refractivity contribution in [3.05, 3.63) is 0 Å². The molecule has 0 aliphatic rings. The summed E-state index contributed by atoms with van der Waals surface area (Å²) in [5.41, 5.74) is 0. The fourth-order valence-electron chi connectivity index (χ4n) is 3.26. The normalized spacial score (nSPS) is 12.0. The average molecular weight is 502 g/mol. The molecule has 0 saturated carbocycles. The first-order valence-corrected chi connectivity index (χ1v) is 15.2. The second-order valence-corrected chi connectivity index (χ2v) is 10.5. The molecular formula is C22H48NO7PS. The maximum absolute atomic E-state index is 10.3. The van der Waals surface area contributed by atoms with Gasteiger partial charge in [0.2, 0.25) is 0 Å². The van der Waals surface area contributed by atoms with E-state index in [0.717, 1.165) is 32.4 Å². The third kappa shape index (κ3) is 30.3. The first kappa shape index (κ1) is 32.3. The minimum atomic E-state index is -4.70. The van der Waals surface area contributed by atoms with Crippen LogP contribution < -0.4 is 5.32 Å². The molecule has 0 bridgehead atoms. The fourth-order valence-corrected chi connectivity index (χ4v) is 4.33. The summed E-state index contributed by atoms with van der Waals surface area (Å²) in [5, 5.41) is 11.3. The Morgan fingerprint density at radius 1 is 0.688 bits per heavy atom. The Balaban J connectivity index is 3.03. The van der Waals surface area contributed by atoms with Gasteiger partial charge in [0.05, 0.1) is 6.61 Å². The number of rotatable bonds is 27. The lowest BCUT2D eigenvalue weighted by molar-refractivity contribution is -0.610. The molecule has 8 nitrogen and oxygen atoms in total. The Morgan fingerprint density at radius 3 is 1.88 bits per heavy atom. The molecule has 0 atom stereocenters. The molecule has 0 fully saturated rings. The number of hydrogen-bond donors (Lipinski definition) is 3. The molecule has 0 unspecified atom stereocenters. The van der Waals surface area contributed by atoms with E-state index in [0.29, 0.717) is 0 Å². The first-order chi connectivity index (χ1) is 15.6. The summed E-state index contributed by atoms with van der Waals surface area (Å²) in [4.78, 5) is 21.2. The van der Waals surface area contributed by atoms with E-state index in [-0.39, 0.29) is 6.61 Å². The van der Waals surface area contributed by atoms with Crippen LogP contribution in [0.15, 0.2) is 0 Å². The fraction of sp³-hybridized carbons (Fsp3) is 1.00. The zero-order valence-electron chi connectivity index (χ0n) is 20.1. The van der Waals surface area contributed by atoms with Gasteiger partial charge in [-0.3, -0.25) is 0 Å². The molecule has 0 heterocycles. The molecule has 194 valence electrons. The number of phosphoric acid groups is 1. The van der Waals surface area contributed by atoms with Gasteiger partial charge in [-0.15, -0.1) is 0 Å². The van der Waals surface area contributed by atoms with E-state index in [1.807, 2.05) is 0 Å². The lowest BCUT2D eigenvalue weighted by atomic mass is 10.1. The van der Waals surface area contributed by atoms with E-state index >= 15 is 0 Å². The van der Waals surface area contributed by atoms with Crippen LogP contribution in [0.1, 0.15) is 110 Å². The number of unbranched alkanes of at least 4 members (excludes halogenated alkanes) is 13. The van der Waals surface area contributed by atoms with Crippen LogP contribution in [0, 0.1) is 0 Å². The highest BCUT2D eigenvalue weighted by Crippen LogP contribution is 2.35. The Kier molecular flexibility index (Phi) is 26.2. The van der Waals surface area contributed by atoms with E-state index in [9.17, 15) is 4.57 Å². The number of thioether (sulfide) groups is 1. The molecule has 0 amide bonds. The van der Waals surface area contributed by atoms with Crippen LogP contribution in [0.3, 0.4) is 0 Å². The Labute approximate surface area is 199 Å². The van der Waals surface area contributed by atoms with Crippen molar-refractivity contribution in [2.75, 3.05) is 31.2 Å². The monoisotopic (exact) mass is 501 g/mol. The van der Waals surface area contributed by atoms with E-state index in [1.165, 1.54) is 95.0 Å². The molecule has 10 heteroatoms. The lowest BCUT2D eigenvalue weighted by Gasteiger charge is -2.06. The van der Waals surface area contributed by atoms with Crippen molar-refractivity contribution < 1.29 is 34.0 Å². The van der Waals surface area contributed by atoms with Gasteiger partial charge in [-0.05, 0) is 60.4 Å². The van der Waals surface area contributed by atoms with Crippen molar-refractivity contribution in [2.24, 2.45) is 0 Å². The molecular weight excluding hydrogens is 453 g/mol. The molecule has 0 aliphatic carbocycles. The average Bonchev–Trinajstić information content (AvgIpc) is 2.75. The van der Waals surface area contributed by atoms with Gasteiger partial charge < -0.3 is 15.1 Å². The smallest absolute Gasteiger partial charge is 0.317 e. The predicted octanol–water partition coefficient (Wildman–Crippen LogP) is 6.47. The van der Waals surface area contributed by atoms with Gasteiger partial charge in [-0.1, -0.05) is 88.6 Å². The van der Waals surface area contributed by atoms with Crippen molar-refractivity contribution >= 4 is 19.6 Å². The van der Waals surface area contributed by atoms with Crippen molar-refractivity contribution in [3.8, 4) is 0 Å². The van der Waals surface area contributed by atoms with Gasteiger partial charge in [0.15, 0.2) is 0 Å². The highest BCUT2D eigenvalue weighted by Gasteiger charge is 2.16. The Bertz CT molecular complexity index is 416. The van der Waals surface area contributed by atoms with Crippen LogP contribution in [0.2, 0.25) is 0 Å². The van der Waals surface area contributed by atoms with Crippen molar-refractivity contribution in [1.29, 1.82) is 0 Å². The van der Waals surface area contributed by atoms with Gasteiger partial charge in [0.1, 0.15) is 0 Å². The molecule has 32 heavy (non-hydrogen) atoms. The summed E-state index contributed by atoms with van der Waals surface area (Å²) >= 11 is 2.10. The van der Waals surface area contributed by atoms with E-state index in [4.69, 9.17) is 9.79 Å². The highest BCUT2D eigenvalue weighted by molar-refractivity contribution is 7.99. The molecule has 0 spiro atoms. The van der Waals surface area contributed by atoms with E-state index < -0.39 is 7.82 Å². The second-order valence-electron chi connectivity index (χ2n) is 8.19. The number of nitrogens with one attached hydrogen (secondary N) is 1. The van der Waals surface area contributed by atoms with Gasteiger partial charge in [-0.2, -0.15) is 11.8 Å². The molecule has 0 saturated heterocycles. The summed E-state index contributed by atoms with van der Waals surface area (Å²) in [7, 11) is -4.70. The largest absolute Gasteiger partial charge is 0.499 e. The zero-order valence-corrected chi connectivity index (χ0v) is 21.9. The summed E-state index contributed by atoms with van der Waals surface area (Å²) in [6.07, 6.45) is 20.6. The molecule has 0 aromatic rings. The third-order valence-electron chi connectivity index (χ3n) is 5.07. The van der Waals surface area contributed by atoms with Crippen molar-refractivity contribution in [1.82, 2.24) is 5.32 Å². The number of hydrogen-bond acceptors (Lipinski definition) is 7. The van der Waals surface area contributed by atoms with Crippen molar-refractivity contribution in [2.45, 2.75) is 110 Å². The first-order valence-electron chi connectivity index (χ1n) is 12.5. The lowest BCUT2D eigenvalue weighted by Crippen LogP contribution is -2.17. The highest BCUT2D eigenvalue weighted by atomic mass is 32.2. The molecule has 0 rings (SSSR count). The Morgan fingerprint density at radius 2 is 1.22 bits per heavy atom. The summed E-state index contributed by atoms with van der Waals surface area (Å²) in [5.74, 6) is 2.57. The molecule has 0 radical (unpaired) electrons. The van der Waals surface area contributed by atoms with Crippen LogP contribution in [0.4, 0.5) is 0 Å². The summed E-state index contributed by atoms with van der Waals surface area (Å²) in [6.45, 7) is 4.72. The quantitative estimate of drug-likeness (QED) is 0.0505. The van der Waals surface area contributed by atoms with Gasteiger partial charge in [0, 0.05) is 0 Å². The maximum Gasteiger partial charge on any atom is 0.499 e. The molecule has 0 aromatic carbocycles. The standard InChI is InChI=1S/C22H48NO7PS/c1-2-3-4-5-6-7-8-9-13-16-21-32-22-17-19-23-18-14-11-10-12-15-20-27-28-29-30-31(24,25)26/h23H,2-22H2,1H3,(H2,24,25,26). The predicted molar refractivity (Wildman–Crippen MR) is 131 cm³/mol. The van der Waals surface area contributed by atoms with Gasteiger partial charge >= 0.3 is 7.82 Å². The van der Waals surface area contributed by atoms with Gasteiger partial charge in [0.25, 0.3) is 0 Å². The van der Waals surface area contributed by atoms with Crippen LogP contribution in [0.5, 0.6) is 0 Å². The van der Waals surface area contributed by atoms with Crippen molar-refractivity contribution in [3.63, 3.8) is 0 Å². The molecule has 0 aliphatic heterocycles. The minimum Gasteiger partial charge on any atom is -0.317 e. The molecule has 0 aromatic heterocycles. The van der Waals surface area contributed by atoms with Crippen LogP contribution in [-0.2, 0) is 24.2 Å². The topological polar surface area (TPSA) is 106 Å². The second kappa shape index (κ2) is 25.9. The third-order valence-corrected chi connectivity index (χ3v) is 6.48. The summed E-state index contributed by atoms with van der Waals surface area (Å²) in [6, 6.07) is 0. The maximum atomic E-state index is 10.3. The van der Waals surface area contributed by atoms with Gasteiger partial charge in [-0.25, -0.2) is 9.45 Å². The zero-order chi connectivity index (χ0) is 23.6. The summed E-state index contributed by atoms with van der Waals surface area (Å²) < 4.78 is 13.9. The Hall–Kier alpha value is 0.300. The van der Waals surface area contributed by atoms with E-state index in [1.54, 1.807) is 0 Å².